The van der Waals surface area contributed by atoms with E-state index in [0.29, 0.717) is 11.8 Å². The topological polar surface area (TPSA) is 84.2 Å². The third-order valence-electron chi connectivity index (χ3n) is 3.65. The molecule has 18 heavy (non-hydrogen) atoms. The zero-order valence-electron chi connectivity index (χ0n) is 10.9. The molecule has 0 bridgehead atoms. The van der Waals surface area contributed by atoms with Crippen LogP contribution >= 0.6 is 12.2 Å². The van der Waals surface area contributed by atoms with Crippen molar-refractivity contribution in [2.75, 3.05) is 6.54 Å². The molecule has 4 N–H and O–H groups in total. The van der Waals surface area contributed by atoms with Gasteiger partial charge in [-0.05, 0) is 18.3 Å². The van der Waals surface area contributed by atoms with Crippen molar-refractivity contribution in [3.8, 4) is 0 Å². The lowest BCUT2D eigenvalue weighted by Crippen LogP contribution is -2.50. The molecule has 2 amide bonds. The second kappa shape index (κ2) is 6.68. The molecule has 5 nitrogen and oxygen atoms in total. The molecule has 0 saturated heterocycles. The van der Waals surface area contributed by atoms with E-state index < -0.39 is 11.8 Å². The van der Waals surface area contributed by atoms with Crippen molar-refractivity contribution in [2.45, 2.75) is 39.2 Å². The fourth-order valence-electron chi connectivity index (χ4n) is 2.27. The summed E-state index contributed by atoms with van der Waals surface area (Å²) in [7, 11) is 0. The molecule has 1 aliphatic rings. The standard InChI is InChI=1S/C12H21N3O2S/c1-7-4-3-5-9(8(7)2)15-12(17)11(16)14-6-10(13)18/h7-9H,3-6H2,1-2H3,(H2,13,18)(H,14,16)(H,15,17). The zero-order valence-corrected chi connectivity index (χ0v) is 11.7. The predicted molar refractivity (Wildman–Crippen MR) is 73.9 cm³/mol. The van der Waals surface area contributed by atoms with Crippen molar-refractivity contribution >= 4 is 29.0 Å². The summed E-state index contributed by atoms with van der Waals surface area (Å²) in [5, 5.41) is 5.17. The highest BCUT2D eigenvalue weighted by atomic mass is 32.1. The Morgan fingerprint density at radius 3 is 2.56 bits per heavy atom. The molecule has 0 aromatic rings. The number of rotatable bonds is 3. The number of carbonyl (C=O) groups is 2. The molecule has 0 aromatic heterocycles. The minimum absolute atomic E-state index is 0.0538. The molecule has 1 aliphatic carbocycles. The molecule has 0 radical (unpaired) electrons. The van der Waals surface area contributed by atoms with E-state index in [1.54, 1.807) is 0 Å². The van der Waals surface area contributed by atoms with E-state index in [4.69, 9.17) is 5.73 Å². The van der Waals surface area contributed by atoms with Crippen LogP contribution in [0.5, 0.6) is 0 Å². The smallest absolute Gasteiger partial charge is 0.309 e. The van der Waals surface area contributed by atoms with Crippen molar-refractivity contribution in [2.24, 2.45) is 17.6 Å². The van der Waals surface area contributed by atoms with Crippen LogP contribution in [0, 0.1) is 11.8 Å². The maximum absolute atomic E-state index is 11.7. The van der Waals surface area contributed by atoms with Crippen molar-refractivity contribution in [1.29, 1.82) is 0 Å². The van der Waals surface area contributed by atoms with Crippen LogP contribution in [0.4, 0.5) is 0 Å². The van der Waals surface area contributed by atoms with Gasteiger partial charge in [-0.2, -0.15) is 0 Å². The maximum atomic E-state index is 11.7. The first-order valence-electron chi connectivity index (χ1n) is 6.28. The molecular formula is C12H21N3O2S. The van der Waals surface area contributed by atoms with E-state index in [0.717, 1.165) is 12.8 Å². The van der Waals surface area contributed by atoms with Crippen molar-refractivity contribution in [3.05, 3.63) is 0 Å². The van der Waals surface area contributed by atoms with Crippen molar-refractivity contribution in [1.82, 2.24) is 10.6 Å². The van der Waals surface area contributed by atoms with E-state index >= 15 is 0 Å². The van der Waals surface area contributed by atoms with Gasteiger partial charge in [0.15, 0.2) is 0 Å². The Hall–Kier alpha value is -1.17. The monoisotopic (exact) mass is 271 g/mol. The second-order valence-electron chi connectivity index (χ2n) is 5.00. The van der Waals surface area contributed by atoms with Gasteiger partial charge < -0.3 is 16.4 Å². The van der Waals surface area contributed by atoms with Gasteiger partial charge in [0.05, 0.1) is 11.5 Å². The first-order valence-corrected chi connectivity index (χ1v) is 6.69. The molecule has 0 spiro atoms. The van der Waals surface area contributed by atoms with E-state index in [-0.39, 0.29) is 17.6 Å². The molecule has 1 saturated carbocycles. The largest absolute Gasteiger partial charge is 0.392 e. The fourth-order valence-corrected chi connectivity index (χ4v) is 2.34. The number of nitrogens with one attached hydrogen (secondary N) is 2. The Morgan fingerprint density at radius 2 is 1.94 bits per heavy atom. The van der Waals surface area contributed by atoms with Gasteiger partial charge in [0.2, 0.25) is 0 Å². The normalized spacial score (nSPS) is 27.3. The molecule has 6 heteroatoms. The van der Waals surface area contributed by atoms with Gasteiger partial charge in [-0.1, -0.05) is 38.9 Å². The van der Waals surface area contributed by atoms with Crippen LogP contribution in [0.1, 0.15) is 33.1 Å². The number of amides is 2. The number of carbonyl (C=O) groups excluding carboxylic acids is 2. The summed E-state index contributed by atoms with van der Waals surface area (Å²) in [6.07, 6.45) is 3.20. The van der Waals surface area contributed by atoms with E-state index in [1.807, 2.05) is 0 Å². The number of nitrogens with two attached hydrogens (primary N) is 1. The summed E-state index contributed by atoms with van der Waals surface area (Å²) in [6, 6.07) is 0.0804. The van der Waals surface area contributed by atoms with Gasteiger partial charge in [-0.3, -0.25) is 9.59 Å². The highest BCUT2D eigenvalue weighted by molar-refractivity contribution is 7.80. The summed E-state index contributed by atoms with van der Waals surface area (Å²) < 4.78 is 0. The van der Waals surface area contributed by atoms with Crippen LogP contribution in [0.15, 0.2) is 0 Å². The Morgan fingerprint density at radius 1 is 1.28 bits per heavy atom. The predicted octanol–water partition coefficient (Wildman–Crippen LogP) is 0.330. The number of hydrogen-bond acceptors (Lipinski definition) is 3. The first-order chi connectivity index (χ1) is 8.41. The molecule has 1 rings (SSSR count). The van der Waals surface area contributed by atoms with Crippen LogP contribution in [0.2, 0.25) is 0 Å². The lowest BCUT2D eigenvalue weighted by atomic mass is 9.78. The summed E-state index contributed by atoms with van der Waals surface area (Å²) in [6.45, 7) is 4.34. The van der Waals surface area contributed by atoms with Crippen molar-refractivity contribution in [3.63, 3.8) is 0 Å². The fraction of sp³-hybridized carbons (Fsp3) is 0.750. The highest BCUT2D eigenvalue weighted by Gasteiger charge is 2.29. The average molecular weight is 271 g/mol. The van der Waals surface area contributed by atoms with Gasteiger partial charge >= 0.3 is 11.8 Å². The quantitative estimate of drug-likeness (QED) is 0.510. The summed E-state index contributed by atoms with van der Waals surface area (Å²) >= 11 is 4.63. The maximum Gasteiger partial charge on any atom is 0.309 e. The minimum Gasteiger partial charge on any atom is -0.392 e. The summed E-state index contributed by atoms with van der Waals surface area (Å²) in [4.78, 5) is 23.3. The van der Waals surface area contributed by atoms with Crippen LogP contribution in [0.25, 0.3) is 0 Å². The first kappa shape index (κ1) is 14.9. The lowest BCUT2D eigenvalue weighted by molar-refractivity contribution is -0.139. The molecule has 0 aliphatic heterocycles. The van der Waals surface area contributed by atoms with E-state index in [9.17, 15) is 9.59 Å². The van der Waals surface area contributed by atoms with Gasteiger partial charge in [-0.15, -0.1) is 0 Å². The third kappa shape index (κ3) is 4.25. The minimum atomic E-state index is -0.673. The zero-order chi connectivity index (χ0) is 13.7. The Balaban J connectivity index is 2.43. The molecule has 1 fully saturated rings. The van der Waals surface area contributed by atoms with Crippen LogP contribution < -0.4 is 16.4 Å². The van der Waals surface area contributed by atoms with Gasteiger partial charge in [-0.25, -0.2) is 0 Å². The molecule has 3 atom stereocenters. The van der Waals surface area contributed by atoms with E-state index in [2.05, 4.69) is 36.7 Å². The molecule has 102 valence electrons. The van der Waals surface area contributed by atoms with Gasteiger partial charge in [0.25, 0.3) is 0 Å². The lowest BCUT2D eigenvalue weighted by Gasteiger charge is -2.34. The summed E-state index contributed by atoms with van der Waals surface area (Å²) in [5.41, 5.74) is 5.25. The number of thiocarbonyl (C=S) groups is 1. The molecular weight excluding hydrogens is 250 g/mol. The Labute approximate surface area is 113 Å². The van der Waals surface area contributed by atoms with Crippen LogP contribution in [-0.4, -0.2) is 29.4 Å². The molecule has 0 heterocycles. The summed E-state index contributed by atoms with van der Waals surface area (Å²) in [5.74, 6) is -0.305. The molecule has 0 aromatic carbocycles. The van der Waals surface area contributed by atoms with Gasteiger partial charge in [0, 0.05) is 6.04 Å². The SMILES string of the molecule is CC1CCCC(NC(=O)C(=O)NCC(N)=S)C1C. The number of hydrogen-bond donors (Lipinski definition) is 3. The highest BCUT2D eigenvalue weighted by Crippen LogP contribution is 2.29. The third-order valence-corrected chi connectivity index (χ3v) is 3.80. The Kier molecular flexibility index (Phi) is 5.53. The van der Waals surface area contributed by atoms with Crippen LogP contribution in [-0.2, 0) is 9.59 Å². The average Bonchev–Trinajstić information content (AvgIpc) is 2.31. The van der Waals surface area contributed by atoms with Crippen LogP contribution in [0.3, 0.4) is 0 Å². The van der Waals surface area contributed by atoms with E-state index in [1.165, 1.54) is 6.42 Å². The molecule has 3 unspecified atom stereocenters. The second-order valence-corrected chi connectivity index (χ2v) is 5.52. The van der Waals surface area contributed by atoms with Gasteiger partial charge in [0.1, 0.15) is 0 Å². The van der Waals surface area contributed by atoms with Crippen molar-refractivity contribution < 1.29 is 9.59 Å². The Bertz CT molecular complexity index is 346.